The Morgan fingerprint density at radius 1 is 1.88 bits per heavy atom. The molecule has 0 aliphatic heterocycles. The summed E-state index contributed by atoms with van der Waals surface area (Å²) in [4.78, 5) is 3.71. The van der Waals surface area contributed by atoms with E-state index >= 15 is 0 Å². The summed E-state index contributed by atoms with van der Waals surface area (Å²) in [6.07, 6.45) is 4.33. The Labute approximate surface area is 62.4 Å². The van der Waals surface area contributed by atoms with E-state index in [1.165, 1.54) is 0 Å². The Hall–Kier alpha value is -0.266. The molecule has 0 atom stereocenters. The number of hydrogen-bond donors (Lipinski definition) is 0. The van der Waals surface area contributed by atoms with Gasteiger partial charge in [0.05, 0.1) is 0 Å². The van der Waals surface area contributed by atoms with Crippen LogP contribution in [0.2, 0.25) is 0 Å². The molecule has 1 aromatic rings. The van der Waals surface area contributed by atoms with E-state index < -0.39 is 0 Å². The van der Waals surface area contributed by atoms with Crippen LogP contribution in [0.1, 0.15) is 6.93 Å². The van der Waals surface area contributed by atoms with Crippen LogP contribution in [0.4, 0.5) is 0 Å². The number of aromatic nitrogens is 1. The minimum absolute atomic E-state index is 0. The summed E-state index contributed by atoms with van der Waals surface area (Å²) in [5.41, 5.74) is 0.840. The van der Waals surface area contributed by atoms with E-state index in [4.69, 9.17) is 1.37 Å². The van der Waals surface area contributed by atoms with Crippen LogP contribution in [0.3, 0.4) is 0 Å². The van der Waals surface area contributed by atoms with Crippen molar-refractivity contribution in [3.8, 4) is 0 Å². The molecule has 1 rings (SSSR count). The fourth-order valence-electron chi connectivity index (χ4n) is 0.360. The topological polar surface area (TPSA) is 12.9 Å². The Kier molecular flexibility index (Phi) is 2.71. The van der Waals surface area contributed by atoms with Crippen LogP contribution in [0.5, 0.6) is 0 Å². The van der Waals surface area contributed by atoms with E-state index in [2.05, 4.69) is 11.2 Å². The second kappa shape index (κ2) is 3.70. The third-order valence-corrected chi connectivity index (χ3v) is 0.666. The zero-order valence-corrected chi connectivity index (χ0v) is 5.73. The fraction of sp³-hybridized carbons (Fsp3) is 0.167. The summed E-state index contributed by atoms with van der Waals surface area (Å²) in [5, 5.41) is 0. The predicted octanol–water partition coefficient (Wildman–Crippen LogP) is 1.19. The van der Waals surface area contributed by atoms with Crippen molar-refractivity contribution in [1.82, 2.24) is 4.98 Å². The van der Waals surface area contributed by atoms with Gasteiger partial charge in [-0.1, -0.05) is 19.3 Å². The van der Waals surface area contributed by atoms with Gasteiger partial charge in [0.25, 0.3) is 0 Å². The van der Waals surface area contributed by atoms with Gasteiger partial charge in [0.2, 0.25) is 0 Å². The number of aryl methyl sites for hydroxylation is 1. The first-order valence-electron chi connectivity index (χ1n) is 2.75. The number of rotatable bonds is 0. The molecule has 0 bridgehead atoms. The Morgan fingerprint density at radius 3 is 3.12 bits per heavy atom. The smallest absolute Gasteiger partial charge is 0.0259 e. The minimum Gasteiger partial charge on any atom is -0.394 e. The summed E-state index contributed by atoms with van der Waals surface area (Å²) in [6, 6.07) is 3.64. The van der Waals surface area contributed by atoms with Crippen molar-refractivity contribution in [3.63, 3.8) is 0 Å². The molecule has 41 valence electrons. The van der Waals surface area contributed by atoms with Gasteiger partial charge in [0.15, 0.2) is 0 Å². The molecule has 1 nitrogen and oxygen atoms in total. The summed E-state index contributed by atoms with van der Waals surface area (Å²) >= 11 is 0. The van der Waals surface area contributed by atoms with E-state index in [9.17, 15) is 0 Å². The van der Waals surface area contributed by atoms with Crippen LogP contribution in [-0.4, -0.2) is 4.98 Å². The number of hydrogen-bond acceptors (Lipinski definition) is 1. The molecule has 2 heteroatoms. The molecule has 8 heavy (non-hydrogen) atoms. The van der Waals surface area contributed by atoms with Crippen molar-refractivity contribution in [2.24, 2.45) is 0 Å². The molecule has 0 saturated heterocycles. The van der Waals surface area contributed by atoms with Crippen molar-refractivity contribution in [1.29, 1.82) is 0 Å². The van der Waals surface area contributed by atoms with Crippen LogP contribution in [0.15, 0.2) is 18.3 Å². The van der Waals surface area contributed by atoms with E-state index in [1.807, 2.05) is 6.07 Å². The quantitative estimate of drug-likeness (QED) is 0.498. The van der Waals surface area contributed by atoms with E-state index in [0.29, 0.717) is 0 Å². The zero-order chi connectivity index (χ0) is 5.82. The molecule has 1 aromatic heterocycles. The summed E-state index contributed by atoms with van der Waals surface area (Å²) < 4.78 is 6.87. The van der Waals surface area contributed by atoms with Crippen molar-refractivity contribution in [3.05, 3.63) is 30.1 Å². The average molecular weight is 144 g/mol. The first-order chi connectivity index (χ1) is 3.93. The van der Waals surface area contributed by atoms with Crippen LogP contribution >= 0.6 is 0 Å². The average Bonchev–Trinajstić information content (AvgIpc) is 1.90. The molecule has 0 unspecified atom stereocenters. The molecule has 0 aliphatic carbocycles. The maximum Gasteiger partial charge on any atom is 0.0259 e. The van der Waals surface area contributed by atoms with Gasteiger partial charge in [-0.3, -0.25) is 0 Å². The van der Waals surface area contributed by atoms with Gasteiger partial charge in [-0.25, -0.2) is 0 Å². The Bertz CT molecular complexity index is 154. The monoisotopic (exact) mass is 144 g/mol. The van der Waals surface area contributed by atoms with Gasteiger partial charge < -0.3 is 4.98 Å². The predicted molar refractivity (Wildman–Crippen MR) is 27.8 cm³/mol. The maximum absolute atomic E-state index is 6.87. The molecular weight excluding hydrogens is 137 g/mol. The maximum atomic E-state index is 6.87. The molecule has 0 aliphatic rings. The largest absolute Gasteiger partial charge is 0.394 e. The normalized spacial score (nSPS) is 9.25. The van der Waals surface area contributed by atoms with E-state index in [1.54, 1.807) is 12.3 Å². The van der Waals surface area contributed by atoms with Gasteiger partial charge in [0, 0.05) is 19.9 Å². The molecule has 1 radical (unpaired) electrons. The molecule has 0 fully saturated rings. The number of nitrogens with zero attached hydrogens (tertiary/aromatic N) is 1. The SMILES string of the molecule is [2H]Cc1[c-]nccc1.[V]. The van der Waals surface area contributed by atoms with E-state index in [0.717, 1.165) is 5.56 Å². The molecule has 0 aromatic carbocycles. The van der Waals surface area contributed by atoms with Crippen LogP contribution in [-0.2, 0) is 18.6 Å². The molecule has 0 amide bonds. The van der Waals surface area contributed by atoms with Crippen LogP contribution < -0.4 is 0 Å². The molecular formula is C6H6NV-. The van der Waals surface area contributed by atoms with Gasteiger partial charge in [-0.15, -0.1) is 5.56 Å². The molecule has 0 N–H and O–H groups in total. The summed E-state index contributed by atoms with van der Waals surface area (Å²) in [7, 11) is 0. The third-order valence-electron chi connectivity index (χ3n) is 0.666. The Morgan fingerprint density at radius 2 is 2.75 bits per heavy atom. The van der Waals surface area contributed by atoms with Gasteiger partial charge >= 0.3 is 0 Å². The van der Waals surface area contributed by atoms with Gasteiger partial charge in [-0.2, -0.15) is 12.1 Å². The summed E-state index contributed by atoms with van der Waals surface area (Å²) in [6.45, 7) is 0.272. The van der Waals surface area contributed by atoms with Crippen molar-refractivity contribution < 1.29 is 19.9 Å². The number of pyridine rings is 1. The van der Waals surface area contributed by atoms with Crippen LogP contribution in [0, 0.1) is 13.1 Å². The first-order valence-corrected chi connectivity index (χ1v) is 2.04. The second-order valence-corrected chi connectivity index (χ2v) is 1.27. The van der Waals surface area contributed by atoms with Crippen molar-refractivity contribution in [2.45, 2.75) is 6.90 Å². The standard InChI is InChI=1S/C6H6N.V/c1-6-3-2-4-7-5-6;/h2-4H,1H3;/q-1;/i1D;. The van der Waals surface area contributed by atoms with Gasteiger partial charge in [0.1, 0.15) is 0 Å². The van der Waals surface area contributed by atoms with E-state index in [-0.39, 0.29) is 25.5 Å². The molecule has 1 heterocycles. The van der Waals surface area contributed by atoms with Crippen molar-refractivity contribution in [2.75, 3.05) is 0 Å². The molecule has 0 saturated carbocycles. The first kappa shape index (κ1) is 5.86. The molecule has 0 spiro atoms. The Balaban J connectivity index is 0.000000640. The minimum atomic E-state index is 0. The zero-order valence-electron chi connectivity index (χ0n) is 5.33. The third kappa shape index (κ3) is 2.15. The second-order valence-electron chi connectivity index (χ2n) is 1.27. The summed E-state index contributed by atoms with van der Waals surface area (Å²) in [5.74, 6) is 0. The fourth-order valence-corrected chi connectivity index (χ4v) is 0.360. The van der Waals surface area contributed by atoms with Crippen molar-refractivity contribution >= 4 is 0 Å². The van der Waals surface area contributed by atoms with Crippen LogP contribution in [0.25, 0.3) is 0 Å². The van der Waals surface area contributed by atoms with Gasteiger partial charge in [-0.05, 0) is 0 Å².